The fourth-order valence-electron chi connectivity index (χ4n) is 2.46. The molecule has 156 valence electrons. The maximum Gasteiger partial charge on any atom is 0.387 e. The second-order valence-electron chi connectivity index (χ2n) is 6.01. The van der Waals surface area contributed by atoms with Gasteiger partial charge in [0.15, 0.2) is 11.5 Å². The molecule has 0 aromatic heterocycles. The highest BCUT2D eigenvalue weighted by atomic mass is 19.3. The third-order valence-electron chi connectivity index (χ3n) is 3.91. The van der Waals surface area contributed by atoms with Crippen molar-refractivity contribution < 1.29 is 32.2 Å². The lowest BCUT2D eigenvalue weighted by molar-refractivity contribution is -0.121. The molecule has 6 nitrogen and oxygen atoms in total. The molecule has 0 spiro atoms. The molecule has 2 rings (SSSR count). The molecule has 0 heterocycles. The zero-order valence-electron chi connectivity index (χ0n) is 15.7. The lowest BCUT2D eigenvalue weighted by atomic mass is 10.2. The molecule has 2 aromatic carbocycles. The van der Waals surface area contributed by atoms with Crippen LogP contribution in [0, 0.1) is 5.82 Å². The Bertz CT molecular complexity index is 829. The zero-order valence-corrected chi connectivity index (χ0v) is 15.7. The van der Waals surface area contributed by atoms with Gasteiger partial charge in [0.05, 0.1) is 7.11 Å². The van der Waals surface area contributed by atoms with E-state index < -0.39 is 12.4 Å². The Balaban J connectivity index is 1.71. The van der Waals surface area contributed by atoms with E-state index in [-0.39, 0.29) is 42.8 Å². The van der Waals surface area contributed by atoms with Gasteiger partial charge in [0, 0.05) is 25.1 Å². The summed E-state index contributed by atoms with van der Waals surface area (Å²) >= 11 is 0. The summed E-state index contributed by atoms with van der Waals surface area (Å²) in [6.07, 6.45) is 0.608. The van der Waals surface area contributed by atoms with E-state index in [0.29, 0.717) is 17.5 Å². The average molecular weight is 410 g/mol. The van der Waals surface area contributed by atoms with Crippen molar-refractivity contribution in [2.45, 2.75) is 26.0 Å². The van der Waals surface area contributed by atoms with Gasteiger partial charge in [-0.25, -0.2) is 4.39 Å². The number of rotatable bonds is 10. The van der Waals surface area contributed by atoms with E-state index >= 15 is 0 Å². The van der Waals surface area contributed by atoms with Crippen molar-refractivity contribution in [3.63, 3.8) is 0 Å². The summed E-state index contributed by atoms with van der Waals surface area (Å²) in [6.45, 7) is -2.48. The molecule has 0 aliphatic carbocycles. The van der Waals surface area contributed by atoms with Crippen molar-refractivity contribution >= 4 is 11.8 Å². The number of hydrogen-bond acceptors (Lipinski definition) is 4. The van der Waals surface area contributed by atoms with Gasteiger partial charge in [-0.2, -0.15) is 8.78 Å². The van der Waals surface area contributed by atoms with Crippen molar-refractivity contribution in [2.24, 2.45) is 0 Å². The number of alkyl halides is 2. The largest absolute Gasteiger partial charge is 0.493 e. The Kier molecular flexibility index (Phi) is 8.32. The Labute approximate surface area is 166 Å². The lowest BCUT2D eigenvalue weighted by Gasteiger charge is -2.12. The van der Waals surface area contributed by atoms with Gasteiger partial charge in [-0.1, -0.05) is 6.07 Å². The van der Waals surface area contributed by atoms with E-state index in [1.807, 2.05) is 0 Å². The first-order valence-corrected chi connectivity index (χ1v) is 8.81. The Hall–Kier alpha value is -3.23. The van der Waals surface area contributed by atoms with Crippen molar-refractivity contribution in [1.82, 2.24) is 10.6 Å². The Morgan fingerprint density at radius 2 is 1.76 bits per heavy atom. The summed E-state index contributed by atoms with van der Waals surface area (Å²) in [5.41, 5.74) is 0.991. The van der Waals surface area contributed by atoms with Crippen molar-refractivity contribution in [3.05, 3.63) is 59.4 Å². The SMILES string of the molecule is COc1cc(CNC(=O)CCCNC(=O)c2ccc(F)cc2)ccc1OC(F)F. The second-order valence-corrected chi connectivity index (χ2v) is 6.01. The zero-order chi connectivity index (χ0) is 21.2. The van der Waals surface area contributed by atoms with Crippen LogP contribution in [0.1, 0.15) is 28.8 Å². The van der Waals surface area contributed by atoms with E-state index in [0.717, 1.165) is 0 Å². The number of nitrogens with one attached hydrogen (secondary N) is 2. The number of carbonyl (C=O) groups is 2. The van der Waals surface area contributed by atoms with Crippen LogP contribution >= 0.6 is 0 Å². The topological polar surface area (TPSA) is 76.7 Å². The molecule has 2 aromatic rings. The standard InChI is InChI=1S/C20H21F3N2O4/c1-28-17-11-13(4-9-16(17)29-20(22)23)12-25-18(26)3-2-10-24-19(27)14-5-7-15(21)8-6-14/h4-9,11,20H,2-3,10,12H2,1H3,(H,24,27)(H,25,26). The Morgan fingerprint density at radius 1 is 1.03 bits per heavy atom. The minimum Gasteiger partial charge on any atom is -0.493 e. The van der Waals surface area contributed by atoms with Crippen LogP contribution in [-0.2, 0) is 11.3 Å². The molecule has 0 saturated carbocycles. The number of ether oxygens (including phenoxy) is 2. The molecule has 0 atom stereocenters. The van der Waals surface area contributed by atoms with Crippen LogP contribution in [-0.4, -0.2) is 32.1 Å². The number of carbonyl (C=O) groups excluding carboxylic acids is 2. The molecule has 0 aliphatic rings. The number of amides is 2. The molecule has 9 heteroatoms. The van der Waals surface area contributed by atoms with Crippen molar-refractivity contribution in [1.29, 1.82) is 0 Å². The molecule has 0 aliphatic heterocycles. The highest BCUT2D eigenvalue weighted by Gasteiger charge is 2.11. The molecular formula is C20H21F3N2O4. The lowest BCUT2D eigenvalue weighted by Crippen LogP contribution is -2.27. The number of halogens is 3. The van der Waals surface area contributed by atoms with E-state index in [2.05, 4.69) is 15.4 Å². The normalized spacial score (nSPS) is 10.5. The smallest absolute Gasteiger partial charge is 0.387 e. The molecule has 0 fully saturated rings. The first kappa shape index (κ1) is 22.1. The monoisotopic (exact) mass is 410 g/mol. The third kappa shape index (κ3) is 7.36. The predicted molar refractivity (Wildman–Crippen MR) is 99.4 cm³/mol. The van der Waals surface area contributed by atoms with E-state index in [9.17, 15) is 22.8 Å². The second kappa shape index (κ2) is 10.9. The predicted octanol–water partition coefficient (Wildman–Crippen LogP) is 3.26. The van der Waals surface area contributed by atoms with Gasteiger partial charge in [0.1, 0.15) is 5.82 Å². The highest BCUT2D eigenvalue weighted by Crippen LogP contribution is 2.29. The van der Waals surface area contributed by atoms with Gasteiger partial charge in [-0.15, -0.1) is 0 Å². The molecule has 0 bridgehead atoms. The quantitative estimate of drug-likeness (QED) is 0.590. The van der Waals surface area contributed by atoms with Gasteiger partial charge in [0.25, 0.3) is 5.91 Å². The first-order chi connectivity index (χ1) is 13.9. The van der Waals surface area contributed by atoms with Crippen LogP contribution in [0.3, 0.4) is 0 Å². The van der Waals surface area contributed by atoms with Gasteiger partial charge < -0.3 is 20.1 Å². The fourth-order valence-corrected chi connectivity index (χ4v) is 2.46. The number of hydrogen-bond donors (Lipinski definition) is 2. The minimum atomic E-state index is -2.96. The number of benzene rings is 2. The summed E-state index contributed by atoms with van der Waals surface area (Å²) in [5.74, 6) is -0.946. The summed E-state index contributed by atoms with van der Waals surface area (Å²) in [5, 5.41) is 5.35. The summed E-state index contributed by atoms with van der Waals surface area (Å²) in [7, 11) is 1.33. The van der Waals surface area contributed by atoms with Crippen LogP contribution in [0.15, 0.2) is 42.5 Å². The van der Waals surface area contributed by atoms with Crippen LogP contribution in [0.2, 0.25) is 0 Å². The van der Waals surface area contributed by atoms with E-state index in [4.69, 9.17) is 4.74 Å². The summed E-state index contributed by atoms with van der Waals surface area (Å²) in [4.78, 5) is 23.8. The van der Waals surface area contributed by atoms with E-state index in [1.165, 1.54) is 43.5 Å². The number of methoxy groups -OCH3 is 1. The van der Waals surface area contributed by atoms with Crippen LogP contribution in [0.4, 0.5) is 13.2 Å². The average Bonchev–Trinajstić information content (AvgIpc) is 2.70. The summed E-state index contributed by atoms with van der Waals surface area (Å²) < 4.78 is 46.8. The third-order valence-corrected chi connectivity index (χ3v) is 3.91. The highest BCUT2D eigenvalue weighted by molar-refractivity contribution is 5.94. The van der Waals surface area contributed by atoms with Gasteiger partial charge in [0.2, 0.25) is 5.91 Å². The maximum absolute atomic E-state index is 12.8. The van der Waals surface area contributed by atoms with Crippen LogP contribution in [0.25, 0.3) is 0 Å². The minimum absolute atomic E-state index is 0.0885. The molecule has 0 unspecified atom stereocenters. The molecule has 2 N–H and O–H groups in total. The maximum atomic E-state index is 12.8. The Morgan fingerprint density at radius 3 is 2.41 bits per heavy atom. The molecule has 2 amide bonds. The van der Waals surface area contributed by atoms with Gasteiger partial charge in [-0.05, 0) is 48.4 Å². The molecular weight excluding hydrogens is 389 g/mol. The van der Waals surface area contributed by atoms with Crippen LogP contribution < -0.4 is 20.1 Å². The summed E-state index contributed by atoms with van der Waals surface area (Å²) in [6, 6.07) is 9.54. The van der Waals surface area contributed by atoms with E-state index in [1.54, 1.807) is 6.07 Å². The van der Waals surface area contributed by atoms with Gasteiger partial charge in [-0.3, -0.25) is 9.59 Å². The van der Waals surface area contributed by atoms with Gasteiger partial charge >= 0.3 is 6.61 Å². The molecule has 0 radical (unpaired) electrons. The van der Waals surface area contributed by atoms with Crippen LogP contribution in [0.5, 0.6) is 11.5 Å². The van der Waals surface area contributed by atoms with Crippen molar-refractivity contribution in [3.8, 4) is 11.5 Å². The van der Waals surface area contributed by atoms with Crippen molar-refractivity contribution in [2.75, 3.05) is 13.7 Å². The molecule has 29 heavy (non-hydrogen) atoms. The molecule has 0 saturated heterocycles. The first-order valence-electron chi connectivity index (χ1n) is 8.81. The fraction of sp³-hybridized carbons (Fsp3) is 0.300.